The molecule has 0 unspecified atom stereocenters. The molecule has 0 bridgehead atoms. The zero-order valence-corrected chi connectivity index (χ0v) is 31.8. The van der Waals surface area contributed by atoms with Crippen molar-refractivity contribution in [3.63, 3.8) is 0 Å². The number of benzene rings is 2. The molecule has 0 saturated carbocycles. The van der Waals surface area contributed by atoms with E-state index in [1.165, 1.54) is 33.8 Å². The van der Waals surface area contributed by atoms with Crippen molar-refractivity contribution < 1.29 is 19.1 Å². The Balaban J connectivity index is 1.59. The Hall–Kier alpha value is -4.43. The summed E-state index contributed by atoms with van der Waals surface area (Å²) >= 11 is 0. The Kier molecular flexibility index (Phi) is 10.6. The first kappa shape index (κ1) is 36.8. The average Bonchev–Trinajstić information content (AvgIpc) is 3.41. The van der Waals surface area contributed by atoms with E-state index in [9.17, 15) is 15.6 Å². The lowest BCUT2D eigenvalue weighted by Gasteiger charge is -2.31. The fraction of sp³-hybridized carbons (Fsp3) is 0.465. The fourth-order valence-electron chi connectivity index (χ4n) is 7.89. The van der Waals surface area contributed by atoms with E-state index in [4.69, 9.17) is 0 Å². The first-order valence-corrected chi connectivity index (χ1v) is 18.3. The molecule has 7 heteroatoms. The summed E-state index contributed by atoms with van der Waals surface area (Å²) < 4.78 is 3.31. The third-order valence-electron chi connectivity index (χ3n) is 10.7. The Labute approximate surface area is 300 Å². The van der Waals surface area contributed by atoms with E-state index in [0.29, 0.717) is 16.7 Å². The van der Waals surface area contributed by atoms with Gasteiger partial charge in [0.05, 0.1) is 53.7 Å². The van der Waals surface area contributed by atoms with Crippen molar-refractivity contribution in [2.24, 2.45) is 0 Å². The van der Waals surface area contributed by atoms with Crippen LogP contribution in [0.15, 0.2) is 94.4 Å². The molecule has 0 amide bonds. The Morgan fingerprint density at radius 3 is 2.18 bits per heavy atom. The molecule has 2 aromatic carbocycles. The highest BCUT2D eigenvalue weighted by Crippen LogP contribution is 2.51. The SMILES string of the molecule is C[NH+](C)CCCCC[N+]1=C(/C=C2C(O)=C(/C=C3\N(CCCC[N+](C)(C)C)c4ccccc4C3(C)C)C\2=C(C#N)C#N)C(C)(C)c2ccccc21. The van der Waals surface area contributed by atoms with E-state index in [1.54, 1.807) is 0 Å². The Bertz CT molecular complexity index is 1860. The number of allylic oxidation sites excluding steroid dienone is 6. The predicted molar refractivity (Wildman–Crippen MR) is 204 cm³/mol. The van der Waals surface area contributed by atoms with Gasteiger partial charge in [-0.2, -0.15) is 15.1 Å². The van der Waals surface area contributed by atoms with Gasteiger partial charge in [0.1, 0.15) is 30.0 Å². The van der Waals surface area contributed by atoms with Crippen LogP contribution in [0, 0.1) is 22.7 Å². The third-order valence-corrected chi connectivity index (χ3v) is 10.7. The van der Waals surface area contributed by atoms with Crippen molar-refractivity contribution in [1.82, 2.24) is 0 Å². The van der Waals surface area contributed by atoms with E-state index in [-0.39, 0.29) is 22.2 Å². The average molecular weight is 674 g/mol. The number of nitrogens with zero attached hydrogens (tertiary/aromatic N) is 5. The molecular formula is C43H57N6O+3. The number of quaternary nitrogens is 2. The zero-order chi connectivity index (χ0) is 36.4. The lowest BCUT2D eigenvalue weighted by Crippen LogP contribution is -3.05. The van der Waals surface area contributed by atoms with Gasteiger partial charge >= 0.3 is 0 Å². The quantitative estimate of drug-likeness (QED) is 0.108. The summed E-state index contributed by atoms with van der Waals surface area (Å²) in [5.74, 6) is 0.139. The van der Waals surface area contributed by atoms with Crippen LogP contribution in [-0.4, -0.2) is 81.3 Å². The predicted octanol–water partition coefficient (Wildman–Crippen LogP) is 6.64. The van der Waals surface area contributed by atoms with E-state index >= 15 is 0 Å². The van der Waals surface area contributed by atoms with E-state index in [2.05, 4.69) is 133 Å². The smallest absolute Gasteiger partial charge is 0.209 e. The molecule has 2 N–H and O–H groups in total. The summed E-state index contributed by atoms with van der Waals surface area (Å²) in [6, 6.07) is 21.4. The minimum absolute atomic E-state index is 0.0235. The molecular weight excluding hydrogens is 617 g/mol. The van der Waals surface area contributed by atoms with Crippen LogP contribution < -0.4 is 9.80 Å². The maximum atomic E-state index is 11.9. The van der Waals surface area contributed by atoms with Crippen molar-refractivity contribution in [3.8, 4) is 12.1 Å². The highest BCUT2D eigenvalue weighted by molar-refractivity contribution is 6.05. The molecule has 0 saturated heterocycles. The Morgan fingerprint density at radius 1 is 0.860 bits per heavy atom. The van der Waals surface area contributed by atoms with Crippen molar-refractivity contribution in [2.75, 3.05) is 66.3 Å². The second-order valence-electron chi connectivity index (χ2n) is 16.5. The maximum Gasteiger partial charge on any atom is 0.209 e. The van der Waals surface area contributed by atoms with Crippen LogP contribution >= 0.6 is 0 Å². The van der Waals surface area contributed by atoms with Crippen LogP contribution in [0.1, 0.15) is 70.9 Å². The van der Waals surface area contributed by atoms with Crippen molar-refractivity contribution in [1.29, 1.82) is 10.5 Å². The van der Waals surface area contributed by atoms with Crippen LogP contribution in [0.2, 0.25) is 0 Å². The number of hydrogen-bond donors (Lipinski definition) is 2. The maximum absolute atomic E-state index is 11.9. The molecule has 0 fully saturated rings. The number of para-hydroxylation sites is 2. The van der Waals surface area contributed by atoms with Gasteiger partial charge in [0.25, 0.3) is 0 Å². The molecule has 0 spiro atoms. The molecule has 50 heavy (non-hydrogen) atoms. The van der Waals surface area contributed by atoms with Crippen LogP contribution in [0.5, 0.6) is 0 Å². The first-order valence-electron chi connectivity index (χ1n) is 18.3. The summed E-state index contributed by atoms with van der Waals surface area (Å²) in [6.45, 7) is 12.8. The van der Waals surface area contributed by atoms with Crippen LogP contribution in [0.25, 0.3) is 0 Å². The van der Waals surface area contributed by atoms with Gasteiger partial charge in [-0.05, 0) is 57.2 Å². The van der Waals surface area contributed by atoms with E-state index < -0.39 is 0 Å². The van der Waals surface area contributed by atoms with Gasteiger partial charge in [-0.1, -0.05) is 50.2 Å². The number of hydrogen-bond acceptors (Lipinski definition) is 4. The highest BCUT2D eigenvalue weighted by Gasteiger charge is 2.47. The first-order chi connectivity index (χ1) is 23.6. The fourth-order valence-corrected chi connectivity index (χ4v) is 7.89. The molecule has 262 valence electrons. The number of nitriles is 2. The topological polar surface area (TPSA) is 78.5 Å². The molecule has 0 atom stereocenters. The normalized spacial score (nSPS) is 19.2. The monoisotopic (exact) mass is 673 g/mol. The molecule has 2 aliphatic heterocycles. The van der Waals surface area contributed by atoms with Crippen molar-refractivity contribution >= 4 is 17.1 Å². The number of aliphatic hydroxyl groups is 1. The van der Waals surface area contributed by atoms with Gasteiger partial charge in [0.15, 0.2) is 5.71 Å². The summed E-state index contributed by atoms with van der Waals surface area (Å²) in [4.78, 5) is 3.85. The summed E-state index contributed by atoms with van der Waals surface area (Å²) in [5.41, 5.74) is 8.02. The van der Waals surface area contributed by atoms with Crippen molar-refractivity contribution in [2.45, 2.75) is 70.6 Å². The Morgan fingerprint density at radius 2 is 1.52 bits per heavy atom. The van der Waals surface area contributed by atoms with E-state index in [1.807, 2.05) is 12.2 Å². The van der Waals surface area contributed by atoms with Crippen molar-refractivity contribution in [3.05, 3.63) is 106 Å². The molecule has 3 aliphatic rings. The number of fused-ring (bicyclic) bond motifs is 2. The van der Waals surface area contributed by atoms with Gasteiger partial charge in [-0.15, -0.1) is 0 Å². The summed E-state index contributed by atoms with van der Waals surface area (Å²) in [5, 5.41) is 32.3. The standard InChI is InChI=1S/C43H55N6O/c1-42(2)34-19-11-13-21-36(34)47(24-16-10-15-23-46(5)6)38(42)27-32-40(31(29-44)30-45)33(41(32)50)28-39-43(3,4)35-20-12-14-22-37(35)48(39)25-17-18-26-49(7,8)9/h11-14,19-22,27-28H,10,15-18,23-26H2,1-9H3/q+1/p+2. The second kappa shape index (κ2) is 14.4. The number of unbranched alkanes of at least 4 members (excludes halogenated alkanes) is 3. The van der Waals surface area contributed by atoms with Gasteiger partial charge in [0, 0.05) is 64.2 Å². The number of rotatable bonds is 13. The van der Waals surface area contributed by atoms with Gasteiger partial charge in [0.2, 0.25) is 5.69 Å². The van der Waals surface area contributed by atoms with Gasteiger partial charge in [-0.25, -0.2) is 0 Å². The van der Waals surface area contributed by atoms with Gasteiger partial charge in [-0.3, -0.25) is 0 Å². The molecule has 2 heterocycles. The molecule has 0 radical (unpaired) electrons. The largest absolute Gasteiger partial charge is 0.507 e. The van der Waals surface area contributed by atoms with Gasteiger partial charge < -0.3 is 19.4 Å². The lowest BCUT2D eigenvalue weighted by atomic mass is 9.74. The number of aliphatic hydroxyl groups excluding tert-OH is 1. The second-order valence-corrected chi connectivity index (χ2v) is 16.5. The molecule has 7 nitrogen and oxygen atoms in total. The van der Waals surface area contributed by atoms with E-state index in [0.717, 1.165) is 67.8 Å². The molecule has 5 rings (SSSR count). The molecule has 0 aromatic heterocycles. The lowest BCUT2D eigenvalue weighted by molar-refractivity contribution is -0.870. The summed E-state index contributed by atoms with van der Waals surface area (Å²) in [7, 11) is 11.1. The minimum Gasteiger partial charge on any atom is -0.507 e. The number of anilines is 1. The zero-order valence-electron chi connectivity index (χ0n) is 31.8. The van der Waals surface area contributed by atoms with Crippen LogP contribution in [0.3, 0.4) is 0 Å². The minimum atomic E-state index is -0.331. The highest BCUT2D eigenvalue weighted by atomic mass is 16.3. The molecule has 2 aromatic rings. The third kappa shape index (κ3) is 7.08. The summed E-state index contributed by atoms with van der Waals surface area (Å²) in [6.07, 6.45) is 9.57. The molecule has 1 aliphatic carbocycles. The van der Waals surface area contributed by atoms with Crippen LogP contribution in [-0.2, 0) is 10.8 Å². The van der Waals surface area contributed by atoms with Crippen LogP contribution in [0.4, 0.5) is 11.4 Å². The number of nitrogens with one attached hydrogen (secondary N) is 1.